The Bertz CT molecular complexity index is 1680. The van der Waals surface area contributed by atoms with E-state index in [1.807, 2.05) is 30.3 Å². The highest BCUT2D eigenvalue weighted by Gasteiger charge is 2.35. The van der Waals surface area contributed by atoms with Crippen LogP contribution in [0.1, 0.15) is 36.8 Å². The first kappa shape index (κ1) is 32.4. The van der Waals surface area contributed by atoms with Crippen molar-refractivity contribution >= 4 is 43.5 Å². The number of sulfonamides is 1. The predicted molar refractivity (Wildman–Crippen MR) is 176 cm³/mol. The first-order chi connectivity index (χ1) is 21.7. The van der Waals surface area contributed by atoms with Crippen molar-refractivity contribution in [2.75, 3.05) is 10.8 Å². The summed E-state index contributed by atoms with van der Waals surface area (Å²) in [6.45, 7) is -0.573. The van der Waals surface area contributed by atoms with Gasteiger partial charge in [-0.15, -0.1) is 0 Å². The van der Waals surface area contributed by atoms with Crippen LogP contribution >= 0.6 is 15.9 Å². The standard InChI is InChI=1S/C35H35BrFN3O4S/c36-28-17-21-31(22-18-28)40(45(43,44)32-13-5-2-6-14-32)25-34(41)39(24-27-15-19-29(37)20-16-27)33(23-26-9-3-1-4-10-26)35(42)38-30-11-7-8-12-30/h1-6,9-10,13-22,30,33H,7-8,11-12,23-25H2,(H,38,42)/t33-/m1/s1. The zero-order chi connectivity index (χ0) is 31.8. The van der Waals surface area contributed by atoms with Crippen molar-refractivity contribution < 1.29 is 22.4 Å². The van der Waals surface area contributed by atoms with Crippen LogP contribution in [0, 0.1) is 5.82 Å². The minimum absolute atomic E-state index is 0.0104. The summed E-state index contributed by atoms with van der Waals surface area (Å²) in [5.74, 6) is -1.29. The van der Waals surface area contributed by atoms with Crippen LogP contribution in [0.2, 0.25) is 0 Å². The van der Waals surface area contributed by atoms with E-state index >= 15 is 0 Å². The molecule has 0 aromatic heterocycles. The Morgan fingerprint density at radius 2 is 1.42 bits per heavy atom. The summed E-state index contributed by atoms with van der Waals surface area (Å²) in [6, 6.07) is 28.8. The Balaban J connectivity index is 1.55. The average Bonchev–Trinajstić information content (AvgIpc) is 3.57. The summed E-state index contributed by atoms with van der Waals surface area (Å²) >= 11 is 3.39. The maximum absolute atomic E-state index is 14.5. The second-order valence-electron chi connectivity index (χ2n) is 11.1. The zero-order valence-electron chi connectivity index (χ0n) is 24.7. The lowest BCUT2D eigenvalue weighted by Crippen LogP contribution is -2.54. The molecule has 1 saturated carbocycles. The third-order valence-electron chi connectivity index (χ3n) is 7.96. The molecular formula is C35H35BrFN3O4S. The monoisotopic (exact) mass is 691 g/mol. The number of amides is 2. The van der Waals surface area contributed by atoms with Gasteiger partial charge in [0.2, 0.25) is 11.8 Å². The van der Waals surface area contributed by atoms with Gasteiger partial charge in [0.1, 0.15) is 18.4 Å². The molecule has 1 aliphatic rings. The van der Waals surface area contributed by atoms with Crippen molar-refractivity contribution in [2.24, 2.45) is 0 Å². The molecule has 0 saturated heterocycles. The molecule has 0 heterocycles. The summed E-state index contributed by atoms with van der Waals surface area (Å²) in [7, 11) is -4.18. The zero-order valence-corrected chi connectivity index (χ0v) is 27.1. The van der Waals surface area contributed by atoms with Crippen molar-refractivity contribution in [3.05, 3.63) is 131 Å². The Hall–Kier alpha value is -4.02. The van der Waals surface area contributed by atoms with Crippen molar-refractivity contribution in [1.82, 2.24) is 10.2 Å². The molecule has 10 heteroatoms. The van der Waals surface area contributed by atoms with E-state index in [0.29, 0.717) is 11.3 Å². The number of hydrogen-bond donors (Lipinski definition) is 1. The molecule has 4 aromatic rings. The number of nitrogens with zero attached hydrogens (tertiary/aromatic N) is 2. The highest BCUT2D eigenvalue weighted by Crippen LogP contribution is 2.27. The van der Waals surface area contributed by atoms with E-state index in [1.165, 1.54) is 29.2 Å². The van der Waals surface area contributed by atoms with Gasteiger partial charge in [-0.25, -0.2) is 12.8 Å². The van der Waals surface area contributed by atoms with Crippen molar-refractivity contribution in [3.8, 4) is 0 Å². The van der Waals surface area contributed by atoms with Crippen LogP contribution in [0.3, 0.4) is 0 Å². The molecule has 0 radical (unpaired) electrons. The second-order valence-corrected chi connectivity index (χ2v) is 13.9. The molecule has 234 valence electrons. The summed E-state index contributed by atoms with van der Waals surface area (Å²) in [4.78, 5) is 29.9. The first-order valence-corrected chi connectivity index (χ1v) is 17.2. The fourth-order valence-corrected chi connectivity index (χ4v) is 7.26. The van der Waals surface area contributed by atoms with Gasteiger partial charge in [-0.2, -0.15) is 0 Å². The van der Waals surface area contributed by atoms with Gasteiger partial charge in [0, 0.05) is 23.5 Å². The van der Waals surface area contributed by atoms with E-state index in [9.17, 15) is 22.4 Å². The Kier molecular flexibility index (Phi) is 10.7. The predicted octanol–water partition coefficient (Wildman–Crippen LogP) is 6.48. The maximum Gasteiger partial charge on any atom is 0.264 e. The number of benzene rings is 4. The number of carbonyl (C=O) groups is 2. The third kappa shape index (κ3) is 8.38. The molecule has 0 spiro atoms. The number of rotatable bonds is 12. The molecule has 0 unspecified atom stereocenters. The summed E-state index contributed by atoms with van der Waals surface area (Å²) < 4.78 is 43.7. The van der Waals surface area contributed by atoms with Crippen LogP contribution in [0.25, 0.3) is 0 Å². The normalized spacial score (nSPS) is 14.1. The van der Waals surface area contributed by atoms with E-state index < -0.39 is 34.3 Å². The van der Waals surface area contributed by atoms with Gasteiger partial charge in [0.05, 0.1) is 10.6 Å². The molecule has 0 aliphatic heterocycles. The lowest BCUT2D eigenvalue weighted by atomic mass is 10.0. The molecule has 7 nitrogen and oxygen atoms in total. The number of halogens is 2. The molecule has 1 N–H and O–H groups in total. The van der Waals surface area contributed by atoms with E-state index in [0.717, 1.165) is 40.0 Å². The van der Waals surface area contributed by atoms with Crippen molar-refractivity contribution in [1.29, 1.82) is 0 Å². The maximum atomic E-state index is 14.5. The lowest BCUT2D eigenvalue weighted by Gasteiger charge is -2.34. The third-order valence-corrected chi connectivity index (χ3v) is 10.3. The molecule has 0 bridgehead atoms. The number of nitrogens with one attached hydrogen (secondary N) is 1. The molecule has 2 amide bonds. The van der Waals surface area contributed by atoms with Gasteiger partial charge in [-0.1, -0.05) is 89.4 Å². The van der Waals surface area contributed by atoms with Gasteiger partial charge in [0.25, 0.3) is 10.0 Å². The molecule has 45 heavy (non-hydrogen) atoms. The van der Waals surface area contributed by atoms with Crippen LogP contribution in [-0.4, -0.2) is 43.8 Å². The molecule has 5 rings (SSSR count). The van der Waals surface area contributed by atoms with Gasteiger partial charge < -0.3 is 10.2 Å². The topological polar surface area (TPSA) is 86.8 Å². The highest BCUT2D eigenvalue weighted by molar-refractivity contribution is 9.10. The molecule has 1 fully saturated rings. The highest BCUT2D eigenvalue weighted by atomic mass is 79.9. The van der Waals surface area contributed by atoms with Gasteiger partial charge in [-0.05, 0) is 72.5 Å². The average molecular weight is 693 g/mol. The summed E-state index contributed by atoms with van der Waals surface area (Å²) in [5, 5.41) is 3.15. The van der Waals surface area contributed by atoms with Crippen molar-refractivity contribution in [3.63, 3.8) is 0 Å². The second kappa shape index (κ2) is 14.8. The van der Waals surface area contributed by atoms with Crippen LogP contribution in [-0.2, 0) is 32.6 Å². The molecular weight excluding hydrogens is 657 g/mol. The number of anilines is 1. The SMILES string of the molecule is O=C(NC1CCCC1)[C@@H](Cc1ccccc1)N(Cc1ccc(F)cc1)C(=O)CN(c1ccc(Br)cc1)S(=O)(=O)c1ccccc1. The summed E-state index contributed by atoms with van der Waals surface area (Å²) in [5.41, 5.74) is 1.76. The van der Waals surface area contributed by atoms with E-state index in [4.69, 9.17) is 0 Å². The van der Waals surface area contributed by atoms with E-state index in [1.54, 1.807) is 54.6 Å². The van der Waals surface area contributed by atoms with Gasteiger partial charge in [0.15, 0.2) is 0 Å². The van der Waals surface area contributed by atoms with Gasteiger partial charge >= 0.3 is 0 Å². The van der Waals surface area contributed by atoms with Crippen LogP contribution in [0.15, 0.2) is 119 Å². The molecule has 4 aromatic carbocycles. The molecule has 1 atom stereocenters. The number of carbonyl (C=O) groups excluding carboxylic acids is 2. The Morgan fingerprint density at radius 3 is 2.04 bits per heavy atom. The molecule has 1 aliphatic carbocycles. The fourth-order valence-electron chi connectivity index (χ4n) is 5.56. The Morgan fingerprint density at radius 1 is 0.822 bits per heavy atom. The van der Waals surface area contributed by atoms with Crippen LogP contribution in [0.5, 0.6) is 0 Å². The number of hydrogen-bond acceptors (Lipinski definition) is 4. The first-order valence-electron chi connectivity index (χ1n) is 14.9. The largest absolute Gasteiger partial charge is 0.352 e. The van der Waals surface area contributed by atoms with Crippen LogP contribution < -0.4 is 9.62 Å². The fraction of sp³-hybridized carbons (Fsp3) is 0.257. The van der Waals surface area contributed by atoms with Gasteiger partial charge in [-0.3, -0.25) is 13.9 Å². The lowest BCUT2D eigenvalue weighted by molar-refractivity contribution is -0.140. The quantitative estimate of drug-likeness (QED) is 0.184. The Labute approximate surface area is 272 Å². The smallest absolute Gasteiger partial charge is 0.264 e. The van der Waals surface area contributed by atoms with Crippen molar-refractivity contribution in [2.45, 2.75) is 55.6 Å². The van der Waals surface area contributed by atoms with E-state index in [2.05, 4.69) is 21.2 Å². The summed E-state index contributed by atoms with van der Waals surface area (Å²) in [6.07, 6.45) is 3.98. The van der Waals surface area contributed by atoms with E-state index in [-0.39, 0.29) is 29.8 Å². The minimum Gasteiger partial charge on any atom is -0.352 e. The van der Waals surface area contributed by atoms with Crippen LogP contribution in [0.4, 0.5) is 10.1 Å². The minimum atomic E-state index is -4.18.